The second-order valence-electron chi connectivity index (χ2n) is 6.72. The van der Waals surface area contributed by atoms with E-state index in [2.05, 4.69) is 4.74 Å². The van der Waals surface area contributed by atoms with Crippen LogP contribution in [0.1, 0.15) is 20.8 Å². The zero-order valence-corrected chi connectivity index (χ0v) is 14.4. The van der Waals surface area contributed by atoms with Gasteiger partial charge in [-0.2, -0.15) is 0 Å². The number of hydrogen-bond donors (Lipinski definition) is 1. The lowest BCUT2D eigenvalue weighted by Gasteiger charge is -2.36. The fourth-order valence-corrected chi connectivity index (χ4v) is 2.41. The lowest BCUT2D eigenvalue weighted by Crippen LogP contribution is -2.50. The number of anilines is 2. The zero-order valence-electron chi connectivity index (χ0n) is 14.4. The van der Waals surface area contributed by atoms with E-state index in [4.69, 9.17) is 10.5 Å². The number of carbonyl (C=O) groups excluding carboxylic acids is 1. The topological polar surface area (TPSA) is 68.0 Å². The molecule has 0 aromatic heterocycles. The molecule has 140 valence electrons. The molecule has 25 heavy (non-hydrogen) atoms. The Kier molecular flexibility index (Phi) is 5.24. The molecule has 1 aliphatic rings. The fourth-order valence-electron chi connectivity index (χ4n) is 2.41. The van der Waals surface area contributed by atoms with E-state index in [1.165, 1.54) is 12.1 Å². The third kappa shape index (κ3) is 5.61. The largest absolute Gasteiger partial charge is 0.573 e. The second kappa shape index (κ2) is 6.89. The Morgan fingerprint density at radius 2 is 1.72 bits per heavy atom. The average Bonchev–Trinajstić information content (AvgIpc) is 2.46. The van der Waals surface area contributed by atoms with Crippen molar-refractivity contribution in [3.8, 4) is 5.75 Å². The van der Waals surface area contributed by atoms with Crippen molar-refractivity contribution in [2.24, 2.45) is 0 Å². The van der Waals surface area contributed by atoms with Gasteiger partial charge >= 0.3 is 12.5 Å². The molecule has 0 saturated carbocycles. The highest BCUT2D eigenvalue weighted by molar-refractivity contribution is 5.69. The Morgan fingerprint density at radius 3 is 2.24 bits per heavy atom. The number of hydrogen-bond acceptors (Lipinski definition) is 5. The summed E-state index contributed by atoms with van der Waals surface area (Å²) in [5.74, 6) is -0.431. The number of amides is 1. The monoisotopic (exact) mass is 361 g/mol. The molecule has 1 aromatic carbocycles. The molecule has 2 rings (SSSR count). The summed E-state index contributed by atoms with van der Waals surface area (Å²) in [5, 5.41) is 0. The minimum absolute atomic E-state index is 0.0894. The lowest BCUT2D eigenvalue weighted by molar-refractivity contribution is -0.274. The van der Waals surface area contributed by atoms with Gasteiger partial charge in [-0.3, -0.25) is 0 Å². The molecule has 9 heteroatoms. The van der Waals surface area contributed by atoms with Crippen molar-refractivity contribution < 1.29 is 27.4 Å². The van der Waals surface area contributed by atoms with Gasteiger partial charge in [-0.15, -0.1) is 13.2 Å². The van der Waals surface area contributed by atoms with Crippen LogP contribution in [0.5, 0.6) is 5.75 Å². The van der Waals surface area contributed by atoms with E-state index >= 15 is 0 Å². The first-order chi connectivity index (χ1) is 11.4. The predicted octanol–water partition coefficient (Wildman–Crippen LogP) is 3.22. The van der Waals surface area contributed by atoms with Gasteiger partial charge in [-0.05, 0) is 32.9 Å². The maximum atomic E-state index is 12.4. The van der Waals surface area contributed by atoms with Crippen molar-refractivity contribution in [2.45, 2.75) is 32.7 Å². The summed E-state index contributed by atoms with van der Waals surface area (Å²) in [6.07, 6.45) is -5.20. The fraction of sp³-hybridized carbons (Fsp3) is 0.562. The van der Waals surface area contributed by atoms with Crippen molar-refractivity contribution in [1.82, 2.24) is 4.90 Å². The lowest BCUT2D eigenvalue weighted by atomic mass is 10.2. The summed E-state index contributed by atoms with van der Waals surface area (Å²) in [7, 11) is 0. The molecule has 1 amide bonds. The van der Waals surface area contributed by atoms with Crippen LogP contribution < -0.4 is 15.4 Å². The number of carbonyl (C=O) groups is 1. The third-order valence-electron chi connectivity index (χ3n) is 3.52. The Morgan fingerprint density at radius 1 is 1.12 bits per heavy atom. The number of rotatable bonds is 2. The summed E-state index contributed by atoms with van der Waals surface area (Å²) in [5.41, 5.74) is 5.42. The van der Waals surface area contributed by atoms with Crippen molar-refractivity contribution >= 4 is 17.5 Å². The minimum atomic E-state index is -4.80. The molecule has 0 bridgehead atoms. The molecule has 0 spiro atoms. The number of nitrogens with zero attached hydrogens (tertiary/aromatic N) is 2. The van der Waals surface area contributed by atoms with Gasteiger partial charge in [0.1, 0.15) is 5.60 Å². The van der Waals surface area contributed by atoms with Gasteiger partial charge in [-0.25, -0.2) is 4.79 Å². The van der Waals surface area contributed by atoms with Gasteiger partial charge in [0, 0.05) is 37.9 Å². The van der Waals surface area contributed by atoms with Gasteiger partial charge in [0.05, 0.1) is 5.69 Å². The molecule has 1 heterocycles. The smallest absolute Gasteiger partial charge is 0.444 e. The number of alkyl halides is 3. The third-order valence-corrected chi connectivity index (χ3v) is 3.52. The zero-order chi connectivity index (χ0) is 18.8. The number of nitrogens with two attached hydrogens (primary N) is 1. The van der Waals surface area contributed by atoms with Crippen molar-refractivity contribution in [2.75, 3.05) is 36.8 Å². The molecule has 1 fully saturated rings. The van der Waals surface area contributed by atoms with Crippen molar-refractivity contribution in [1.29, 1.82) is 0 Å². The number of halogens is 3. The van der Waals surface area contributed by atoms with Crippen molar-refractivity contribution in [3.05, 3.63) is 18.2 Å². The van der Waals surface area contributed by atoms with Crippen LogP contribution in [0.2, 0.25) is 0 Å². The van der Waals surface area contributed by atoms with Crippen LogP contribution in [-0.4, -0.2) is 49.1 Å². The van der Waals surface area contributed by atoms with Crippen LogP contribution in [-0.2, 0) is 4.74 Å². The first kappa shape index (κ1) is 19.0. The highest BCUT2D eigenvalue weighted by atomic mass is 19.4. The van der Waals surface area contributed by atoms with E-state index in [9.17, 15) is 18.0 Å². The Balaban J connectivity index is 2.01. The van der Waals surface area contributed by atoms with Crippen LogP contribution in [0.25, 0.3) is 0 Å². The van der Waals surface area contributed by atoms with Gasteiger partial charge in [0.15, 0.2) is 5.75 Å². The van der Waals surface area contributed by atoms with Crippen LogP contribution in [0, 0.1) is 0 Å². The Hall–Kier alpha value is -2.32. The van der Waals surface area contributed by atoms with Crippen LogP contribution in [0.15, 0.2) is 18.2 Å². The maximum absolute atomic E-state index is 12.4. The molecule has 0 atom stereocenters. The molecule has 0 aliphatic carbocycles. The predicted molar refractivity (Wildman–Crippen MR) is 87.6 cm³/mol. The van der Waals surface area contributed by atoms with Crippen LogP contribution in [0.3, 0.4) is 0 Å². The van der Waals surface area contributed by atoms with Crippen LogP contribution in [0.4, 0.5) is 29.3 Å². The summed E-state index contributed by atoms with van der Waals surface area (Å²) in [6.45, 7) is 7.12. The highest BCUT2D eigenvalue weighted by Crippen LogP contribution is 2.32. The standard InChI is InChI=1S/C16H22F3N3O3/c1-15(2,3)25-14(23)22-8-6-21(7-9-22)11-4-5-12(20)13(10-11)24-16(17,18)19/h4-5,10H,6-9,20H2,1-3H3. The summed E-state index contributed by atoms with van der Waals surface area (Å²) in [4.78, 5) is 15.5. The second-order valence-corrected chi connectivity index (χ2v) is 6.72. The SMILES string of the molecule is CC(C)(C)OC(=O)N1CCN(c2ccc(N)c(OC(F)(F)F)c2)CC1. The number of ether oxygens (including phenoxy) is 2. The van der Waals surface area contributed by atoms with Gasteiger partial charge in [0.25, 0.3) is 0 Å². The van der Waals surface area contributed by atoms with E-state index in [0.717, 1.165) is 0 Å². The maximum Gasteiger partial charge on any atom is 0.573 e. The van der Waals surface area contributed by atoms with Gasteiger partial charge in [-0.1, -0.05) is 0 Å². The first-order valence-corrected chi connectivity index (χ1v) is 7.83. The van der Waals surface area contributed by atoms with Crippen LogP contribution >= 0.6 is 0 Å². The van der Waals surface area contributed by atoms with Gasteiger partial charge < -0.3 is 25.0 Å². The number of benzene rings is 1. The van der Waals surface area contributed by atoms with E-state index < -0.39 is 23.8 Å². The quantitative estimate of drug-likeness (QED) is 0.819. The molecular formula is C16H22F3N3O3. The van der Waals surface area contributed by atoms with E-state index in [1.807, 2.05) is 4.90 Å². The summed E-state index contributed by atoms with van der Waals surface area (Å²) in [6, 6.07) is 4.25. The van der Waals surface area contributed by atoms with E-state index in [-0.39, 0.29) is 5.69 Å². The molecule has 1 saturated heterocycles. The molecule has 0 radical (unpaired) electrons. The van der Waals surface area contributed by atoms with E-state index in [0.29, 0.717) is 31.9 Å². The highest BCUT2D eigenvalue weighted by Gasteiger charge is 2.32. The summed E-state index contributed by atoms with van der Waals surface area (Å²) >= 11 is 0. The Bertz CT molecular complexity index is 621. The molecule has 2 N–H and O–H groups in total. The Labute approximate surface area is 144 Å². The molecular weight excluding hydrogens is 339 g/mol. The molecule has 6 nitrogen and oxygen atoms in total. The number of nitrogen functional groups attached to an aromatic ring is 1. The van der Waals surface area contributed by atoms with Gasteiger partial charge in [0.2, 0.25) is 0 Å². The normalized spacial score (nSPS) is 15.9. The molecule has 1 aromatic rings. The minimum Gasteiger partial charge on any atom is -0.444 e. The molecule has 0 unspecified atom stereocenters. The first-order valence-electron chi connectivity index (χ1n) is 7.83. The van der Waals surface area contributed by atoms with Crippen molar-refractivity contribution in [3.63, 3.8) is 0 Å². The molecule has 1 aliphatic heterocycles. The van der Waals surface area contributed by atoms with E-state index in [1.54, 1.807) is 31.7 Å². The number of piperazine rings is 1. The average molecular weight is 361 g/mol. The summed E-state index contributed by atoms with van der Waals surface area (Å²) < 4.78 is 46.5.